The van der Waals surface area contributed by atoms with Crippen molar-refractivity contribution >= 4 is 55.1 Å². The largest absolute Gasteiger partial charge is 0.494 e. The maximum atomic E-state index is 14.5. The van der Waals surface area contributed by atoms with Crippen LogP contribution in [0, 0.1) is 0 Å². The van der Waals surface area contributed by atoms with Crippen LogP contribution in [0.3, 0.4) is 0 Å². The molecule has 47 heavy (non-hydrogen) atoms. The summed E-state index contributed by atoms with van der Waals surface area (Å²) >= 11 is 9.52. The number of halogens is 2. The molecule has 248 valence electrons. The molecule has 0 aliphatic heterocycles. The smallest absolute Gasteiger partial charge is 0.264 e. The van der Waals surface area contributed by atoms with Gasteiger partial charge in [0.05, 0.1) is 17.2 Å². The van der Waals surface area contributed by atoms with Gasteiger partial charge in [-0.1, -0.05) is 83.3 Å². The molecule has 0 unspecified atom stereocenters. The van der Waals surface area contributed by atoms with Gasteiger partial charge in [-0.3, -0.25) is 13.9 Å². The highest BCUT2D eigenvalue weighted by Gasteiger charge is 2.34. The molecule has 8 nitrogen and oxygen atoms in total. The molecule has 0 radical (unpaired) electrons. The van der Waals surface area contributed by atoms with Gasteiger partial charge in [0.25, 0.3) is 10.0 Å². The number of ether oxygens (including phenoxy) is 1. The molecule has 1 atom stereocenters. The first kappa shape index (κ1) is 36.0. The molecule has 0 saturated carbocycles. The average molecular weight is 741 g/mol. The molecule has 4 aromatic rings. The Morgan fingerprint density at radius 1 is 0.872 bits per heavy atom. The second-order valence-electron chi connectivity index (χ2n) is 10.9. The van der Waals surface area contributed by atoms with Crippen molar-refractivity contribution in [3.05, 3.63) is 124 Å². The molecule has 0 bridgehead atoms. The molecule has 0 saturated heterocycles. The van der Waals surface area contributed by atoms with Gasteiger partial charge in [-0.2, -0.15) is 0 Å². The summed E-state index contributed by atoms with van der Waals surface area (Å²) in [7, 11) is -4.22. The number of hydrogen-bond acceptors (Lipinski definition) is 5. The highest BCUT2D eigenvalue weighted by molar-refractivity contribution is 9.10. The van der Waals surface area contributed by atoms with Crippen LogP contribution >= 0.6 is 27.5 Å². The second-order valence-corrected chi connectivity index (χ2v) is 14.1. The molecule has 0 heterocycles. The predicted molar refractivity (Wildman–Crippen MR) is 190 cm³/mol. The van der Waals surface area contributed by atoms with Crippen LogP contribution in [0.25, 0.3) is 0 Å². The summed E-state index contributed by atoms with van der Waals surface area (Å²) in [6, 6.07) is 28.3. The topological polar surface area (TPSA) is 96.0 Å². The number of amides is 2. The molecule has 0 spiro atoms. The van der Waals surface area contributed by atoms with E-state index in [2.05, 4.69) is 21.2 Å². The lowest BCUT2D eigenvalue weighted by Gasteiger charge is -2.34. The van der Waals surface area contributed by atoms with E-state index in [-0.39, 0.29) is 29.5 Å². The van der Waals surface area contributed by atoms with Gasteiger partial charge in [-0.25, -0.2) is 8.42 Å². The van der Waals surface area contributed by atoms with Crippen LogP contribution in [0.2, 0.25) is 5.02 Å². The average Bonchev–Trinajstić information content (AvgIpc) is 3.07. The number of nitrogens with one attached hydrogen (secondary N) is 1. The van der Waals surface area contributed by atoms with Crippen molar-refractivity contribution in [1.82, 2.24) is 10.2 Å². The van der Waals surface area contributed by atoms with E-state index in [9.17, 15) is 18.0 Å². The van der Waals surface area contributed by atoms with Crippen LogP contribution in [-0.4, -0.2) is 50.9 Å². The lowest BCUT2D eigenvalue weighted by Crippen LogP contribution is -2.53. The third-order valence-electron chi connectivity index (χ3n) is 7.48. The van der Waals surface area contributed by atoms with E-state index in [1.807, 2.05) is 44.2 Å². The molecule has 0 aliphatic carbocycles. The summed E-state index contributed by atoms with van der Waals surface area (Å²) < 4.78 is 35.8. The lowest BCUT2D eigenvalue weighted by molar-refractivity contribution is -0.140. The zero-order valence-electron chi connectivity index (χ0n) is 26.4. The molecule has 1 N–H and O–H groups in total. The number of anilines is 1. The zero-order chi connectivity index (χ0) is 33.8. The molecule has 0 aromatic heterocycles. The first-order valence-corrected chi connectivity index (χ1v) is 18.1. The lowest BCUT2D eigenvalue weighted by atomic mass is 10.0. The molecule has 0 aliphatic rings. The van der Waals surface area contributed by atoms with Crippen molar-refractivity contribution in [3.8, 4) is 5.75 Å². The minimum Gasteiger partial charge on any atom is -0.494 e. The summed E-state index contributed by atoms with van der Waals surface area (Å²) in [5, 5.41) is 3.53. The Hall–Kier alpha value is -3.86. The fourth-order valence-corrected chi connectivity index (χ4v) is 6.79. The molecule has 4 aromatic carbocycles. The number of carbonyl (C=O) groups is 2. The molecule has 0 fully saturated rings. The van der Waals surface area contributed by atoms with Crippen molar-refractivity contribution in [2.75, 3.05) is 24.0 Å². The third kappa shape index (κ3) is 10.1. The second kappa shape index (κ2) is 17.3. The Morgan fingerprint density at radius 2 is 1.53 bits per heavy atom. The quantitative estimate of drug-likeness (QED) is 0.122. The van der Waals surface area contributed by atoms with Crippen LogP contribution in [0.15, 0.2) is 112 Å². The zero-order valence-corrected chi connectivity index (χ0v) is 29.6. The van der Waals surface area contributed by atoms with E-state index < -0.39 is 28.5 Å². The summed E-state index contributed by atoms with van der Waals surface area (Å²) in [5.41, 5.74) is 1.89. The normalized spacial score (nSPS) is 11.8. The van der Waals surface area contributed by atoms with Gasteiger partial charge in [0.1, 0.15) is 18.3 Å². The number of benzene rings is 4. The van der Waals surface area contributed by atoms with Crippen molar-refractivity contribution in [2.45, 2.75) is 50.6 Å². The maximum Gasteiger partial charge on any atom is 0.264 e. The van der Waals surface area contributed by atoms with Crippen LogP contribution in [0.1, 0.15) is 37.8 Å². The monoisotopic (exact) mass is 739 g/mol. The highest BCUT2D eigenvalue weighted by atomic mass is 79.9. The molecular formula is C36H39BrClN3O5S. The fourth-order valence-electron chi connectivity index (χ4n) is 4.98. The Balaban J connectivity index is 1.78. The summed E-state index contributed by atoms with van der Waals surface area (Å²) in [6.07, 6.45) is 1.91. The van der Waals surface area contributed by atoms with Crippen molar-refractivity contribution in [1.29, 1.82) is 0 Å². The molecule has 2 amide bonds. The van der Waals surface area contributed by atoms with Crippen LogP contribution < -0.4 is 14.4 Å². The summed E-state index contributed by atoms with van der Waals surface area (Å²) in [4.78, 5) is 29.9. The van der Waals surface area contributed by atoms with Crippen molar-refractivity contribution in [3.63, 3.8) is 0 Å². The van der Waals surface area contributed by atoms with Crippen molar-refractivity contribution in [2.24, 2.45) is 0 Å². The molecule has 11 heteroatoms. The summed E-state index contributed by atoms with van der Waals surface area (Å²) in [5.74, 6) is -0.284. The van der Waals surface area contributed by atoms with Crippen LogP contribution in [0.5, 0.6) is 5.75 Å². The van der Waals surface area contributed by atoms with Gasteiger partial charge in [0.15, 0.2) is 0 Å². The standard InChI is InChI=1S/C36H39BrClN3O5S/c1-3-5-23-39-36(43)34(24-27-9-7-6-8-10-27)40(25-28-11-15-30(38)16-12-28)35(42)26-41(31-17-19-32(20-18-31)46-4-2)47(44,45)33-21-13-29(37)14-22-33/h6-22,34H,3-5,23-26H2,1-2H3,(H,39,43)/t34-/m0/s1. The van der Waals surface area contributed by atoms with E-state index in [4.69, 9.17) is 16.3 Å². The van der Waals surface area contributed by atoms with Gasteiger partial charge >= 0.3 is 0 Å². The first-order valence-electron chi connectivity index (χ1n) is 15.5. The van der Waals surface area contributed by atoms with Gasteiger partial charge in [0.2, 0.25) is 11.8 Å². The number of rotatable bonds is 16. The highest BCUT2D eigenvalue weighted by Crippen LogP contribution is 2.28. The van der Waals surface area contributed by atoms with E-state index >= 15 is 0 Å². The predicted octanol–water partition coefficient (Wildman–Crippen LogP) is 7.25. The number of carbonyl (C=O) groups excluding carboxylic acids is 2. The number of sulfonamides is 1. The Kier molecular flexibility index (Phi) is 13.3. The van der Waals surface area contributed by atoms with Gasteiger partial charge in [-0.05, 0) is 85.1 Å². The summed E-state index contributed by atoms with van der Waals surface area (Å²) in [6.45, 7) is 4.31. The van der Waals surface area contributed by atoms with Gasteiger partial charge < -0.3 is 15.0 Å². The first-order chi connectivity index (χ1) is 22.6. The maximum absolute atomic E-state index is 14.5. The van der Waals surface area contributed by atoms with Crippen LogP contribution in [-0.2, 0) is 32.6 Å². The molecule has 4 rings (SSSR count). The third-order valence-corrected chi connectivity index (χ3v) is 10.1. The minimum absolute atomic E-state index is 0.0183. The number of hydrogen-bond donors (Lipinski definition) is 1. The van der Waals surface area contributed by atoms with E-state index in [0.29, 0.717) is 28.4 Å². The van der Waals surface area contributed by atoms with Crippen LogP contribution in [0.4, 0.5) is 5.69 Å². The van der Waals surface area contributed by atoms with E-state index in [1.54, 1.807) is 60.7 Å². The van der Waals surface area contributed by atoms with E-state index in [0.717, 1.165) is 28.3 Å². The minimum atomic E-state index is -4.22. The Labute approximate surface area is 290 Å². The Morgan fingerprint density at radius 3 is 2.15 bits per heavy atom. The van der Waals surface area contributed by atoms with Crippen molar-refractivity contribution < 1.29 is 22.7 Å². The van der Waals surface area contributed by atoms with Gasteiger partial charge in [-0.15, -0.1) is 0 Å². The van der Waals surface area contributed by atoms with E-state index in [1.165, 1.54) is 17.0 Å². The number of nitrogens with zero attached hydrogens (tertiary/aromatic N) is 2. The Bertz CT molecular complexity index is 1700. The fraction of sp³-hybridized carbons (Fsp3) is 0.278. The van der Waals surface area contributed by atoms with Gasteiger partial charge in [0, 0.05) is 29.0 Å². The number of unbranched alkanes of at least 4 members (excludes halogenated alkanes) is 1. The SMILES string of the molecule is CCCCNC(=O)[C@H](Cc1ccccc1)N(Cc1ccc(Cl)cc1)C(=O)CN(c1ccc(OCC)cc1)S(=O)(=O)c1ccc(Br)cc1. The molecular weight excluding hydrogens is 702 g/mol.